The molecule has 0 radical (unpaired) electrons. The number of likely N-dealkylation sites (N-methyl/N-ethyl adjacent to an activating group) is 1. The lowest BCUT2D eigenvalue weighted by atomic mass is 10.1. The van der Waals surface area contributed by atoms with Gasteiger partial charge in [-0.05, 0) is 31.0 Å². The molecule has 0 fully saturated rings. The van der Waals surface area contributed by atoms with Gasteiger partial charge >= 0.3 is 0 Å². The molecule has 0 bridgehead atoms. The summed E-state index contributed by atoms with van der Waals surface area (Å²) < 4.78 is 0. The Hall–Kier alpha value is -1.00. The number of nitrogens with zero attached hydrogens (tertiary/aromatic N) is 1. The van der Waals surface area contributed by atoms with Gasteiger partial charge in [0.15, 0.2) is 0 Å². The summed E-state index contributed by atoms with van der Waals surface area (Å²) in [6, 6.07) is 7.56. The predicted octanol–water partition coefficient (Wildman–Crippen LogP) is 1.75. The molecule has 1 N–H and O–H groups in total. The number of rotatable bonds is 5. The van der Waals surface area contributed by atoms with Crippen molar-refractivity contribution in [1.29, 1.82) is 0 Å². The third-order valence-corrected chi connectivity index (χ3v) is 2.90. The predicted molar refractivity (Wildman–Crippen MR) is 71.3 cm³/mol. The summed E-state index contributed by atoms with van der Waals surface area (Å²) in [5.74, 6) is 0.0672. The van der Waals surface area contributed by atoms with Crippen LogP contribution in [0.15, 0.2) is 29.2 Å². The molecule has 3 nitrogen and oxygen atoms in total. The van der Waals surface area contributed by atoms with Gasteiger partial charge in [0.1, 0.15) is 0 Å². The molecule has 17 heavy (non-hydrogen) atoms. The van der Waals surface area contributed by atoms with Crippen molar-refractivity contribution >= 4 is 18.5 Å². The van der Waals surface area contributed by atoms with Gasteiger partial charge in [-0.2, -0.15) is 0 Å². The van der Waals surface area contributed by atoms with Gasteiger partial charge < -0.3 is 10.0 Å². The Bertz CT molecular complexity index is 362. The van der Waals surface area contributed by atoms with E-state index < -0.39 is 0 Å². The molecule has 4 heteroatoms. The molecule has 0 spiro atoms. The third-order valence-electron chi connectivity index (χ3n) is 2.60. The van der Waals surface area contributed by atoms with E-state index in [4.69, 9.17) is 5.11 Å². The summed E-state index contributed by atoms with van der Waals surface area (Å²) in [6.07, 6.45) is 0.635. The first kappa shape index (κ1) is 14.1. The first-order valence-electron chi connectivity index (χ1n) is 5.69. The minimum atomic E-state index is -0.367. The van der Waals surface area contributed by atoms with Crippen LogP contribution in [0.2, 0.25) is 0 Å². The van der Waals surface area contributed by atoms with Gasteiger partial charge in [-0.15, -0.1) is 12.6 Å². The number of hydrogen-bond acceptors (Lipinski definition) is 3. The Kier molecular flexibility index (Phi) is 5.51. The Morgan fingerprint density at radius 1 is 1.41 bits per heavy atom. The summed E-state index contributed by atoms with van der Waals surface area (Å²) in [5.41, 5.74) is 0.983. The maximum absolute atomic E-state index is 11.8. The number of hydrogen-bond donors (Lipinski definition) is 2. The maximum Gasteiger partial charge on any atom is 0.226 e. The number of aliphatic hydroxyl groups is 1. The van der Waals surface area contributed by atoms with Crippen LogP contribution in [0, 0.1) is 0 Å². The van der Waals surface area contributed by atoms with Crippen molar-refractivity contribution in [2.45, 2.75) is 30.8 Å². The zero-order valence-corrected chi connectivity index (χ0v) is 11.2. The second kappa shape index (κ2) is 6.67. The van der Waals surface area contributed by atoms with Crippen LogP contribution in [0.4, 0.5) is 0 Å². The molecular formula is C13H19NO2S. The summed E-state index contributed by atoms with van der Waals surface area (Å²) >= 11 is 4.20. The van der Waals surface area contributed by atoms with E-state index in [2.05, 4.69) is 12.6 Å². The standard InChI is InChI=1S/C13H19NO2S/c1-10(15)7-8-14(2)13(16)9-11-3-5-12(17)6-4-11/h3-6,10,15,17H,7-9H2,1-2H3. The van der Waals surface area contributed by atoms with Gasteiger partial charge in [0.05, 0.1) is 12.5 Å². The minimum Gasteiger partial charge on any atom is -0.393 e. The van der Waals surface area contributed by atoms with Crippen LogP contribution in [0.5, 0.6) is 0 Å². The lowest BCUT2D eigenvalue weighted by molar-refractivity contribution is -0.129. The molecule has 0 saturated carbocycles. The summed E-state index contributed by atoms with van der Waals surface area (Å²) in [4.78, 5) is 14.4. The van der Waals surface area contributed by atoms with E-state index in [0.717, 1.165) is 10.5 Å². The summed E-state index contributed by atoms with van der Waals surface area (Å²) in [6.45, 7) is 2.31. The first-order chi connectivity index (χ1) is 7.99. The van der Waals surface area contributed by atoms with Crippen molar-refractivity contribution in [3.8, 4) is 0 Å². The van der Waals surface area contributed by atoms with Gasteiger partial charge in [0, 0.05) is 18.5 Å². The highest BCUT2D eigenvalue weighted by molar-refractivity contribution is 7.80. The summed E-state index contributed by atoms with van der Waals surface area (Å²) in [5, 5.41) is 9.16. The lowest BCUT2D eigenvalue weighted by Gasteiger charge is -2.18. The SMILES string of the molecule is CC(O)CCN(C)C(=O)Cc1ccc(S)cc1. The monoisotopic (exact) mass is 253 g/mol. The Morgan fingerprint density at radius 2 is 2.00 bits per heavy atom. The van der Waals surface area contributed by atoms with E-state index >= 15 is 0 Å². The first-order valence-corrected chi connectivity index (χ1v) is 6.13. The number of carbonyl (C=O) groups excluding carboxylic acids is 1. The Labute approximate surface area is 108 Å². The third kappa shape index (κ3) is 5.24. The van der Waals surface area contributed by atoms with Crippen molar-refractivity contribution in [2.24, 2.45) is 0 Å². The Morgan fingerprint density at radius 3 is 2.53 bits per heavy atom. The molecule has 94 valence electrons. The lowest BCUT2D eigenvalue weighted by Crippen LogP contribution is -2.30. The molecule has 1 atom stereocenters. The fourth-order valence-electron chi connectivity index (χ4n) is 1.43. The number of benzene rings is 1. The highest BCUT2D eigenvalue weighted by Crippen LogP contribution is 2.09. The minimum absolute atomic E-state index is 0.0672. The van der Waals surface area contributed by atoms with E-state index in [0.29, 0.717) is 19.4 Å². The molecule has 0 saturated heterocycles. The van der Waals surface area contributed by atoms with Crippen LogP contribution in [0.3, 0.4) is 0 Å². The number of thiol groups is 1. The van der Waals surface area contributed by atoms with Crippen LogP contribution in [-0.4, -0.2) is 35.6 Å². The van der Waals surface area contributed by atoms with Crippen LogP contribution < -0.4 is 0 Å². The van der Waals surface area contributed by atoms with Gasteiger partial charge in [-0.25, -0.2) is 0 Å². The highest BCUT2D eigenvalue weighted by Gasteiger charge is 2.10. The van der Waals surface area contributed by atoms with Crippen molar-refractivity contribution in [3.63, 3.8) is 0 Å². The maximum atomic E-state index is 11.8. The molecule has 1 rings (SSSR count). The zero-order valence-electron chi connectivity index (χ0n) is 10.3. The molecule has 1 unspecified atom stereocenters. The molecule has 0 aliphatic carbocycles. The van der Waals surface area contributed by atoms with E-state index in [1.165, 1.54) is 0 Å². The van der Waals surface area contributed by atoms with Gasteiger partial charge in [-0.1, -0.05) is 12.1 Å². The van der Waals surface area contributed by atoms with Crippen molar-refractivity contribution < 1.29 is 9.90 Å². The van der Waals surface area contributed by atoms with Gasteiger partial charge in [0.25, 0.3) is 0 Å². The smallest absolute Gasteiger partial charge is 0.226 e. The van der Waals surface area contributed by atoms with E-state index in [1.807, 2.05) is 24.3 Å². The van der Waals surface area contributed by atoms with Crippen LogP contribution in [-0.2, 0) is 11.2 Å². The molecule has 1 aromatic rings. The number of amides is 1. The molecular weight excluding hydrogens is 234 g/mol. The normalized spacial score (nSPS) is 12.2. The second-order valence-electron chi connectivity index (χ2n) is 4.30. The van der Waals surface area contributed by atoms with Crippen molar-refractivity contribution in [3.05, 3.63) is 29.8 Å². The van der Waals surface area contributed by atoms with E-state index in [9.17, 15) is 4.79 Å². The van der Waals surface area contributed by atoms with Crippen LogP contribution >= 0.6 is 12.6 Å². The van der Waals surface area contributed by atoms with Gasteiger partial charge in [0.2, 0.25) is 5.91 Å². The van der Waals surface area contributed by atoms with Crippen molar-refractivity contribution in [1.82, 2.24) is 4.90 Å². The average molecular weight is 253 g/mol. The quantitative estimate of drug-likeness (QED) is 0.785. The number of aliphatic hydroxyl groups excluding tert-OH is 1. The van der Waals surface area contributed by atoms with E-state index in [1.54, 1.807) is 18.9 Å². The number of carbonyl (C=O) groups is 1. The van der Waals surface area contributed by atoms with Crippen LogP contribution in [0.1, 0.15) is 18.9 Å². The molecule has 0 aliphatic rings. The fourth-order valence-corrected chi connectivity index (χ4v) is 1.58. The fraction of sp³-hybridized carbons (Fsp3) is 0.462. The second-order valence-corrected chi connectivity index (χ2v) is 4.81. The van der Waals surface area contributed by atoms with Gasteiger partial charge in [-0.3, -0.25) is 4.79 Å². The largest absolute Gasteiger partial charge is 0.393 e. The molecule has 0 aromatic heterocycles. The van der Waals surface area contributed by atoms with E-state index in [-0.39, 0.29) is 12.0 Å². The average Bonchev–Trinajstić information content (AvgIpc) is 2.28. The molecule has 1 aromatic carbocycles. The van der Waals surface area contributed by atoms with Crippen molar-refractivity contribution in [2.75, 3.05) is 13.6 Å². The molecule has 0 heterocycles. The van der Waals surface area contributed by atoms with Crippen LogP contribution in [0.25, 0.3) is 0 Å². The highest BCUT2D eigenvalue weighted by atomic mass is 32.1. The molecule has 1 amide bonds. The zero-order chi connectivity index (χ0) is 12.8. The molecule has 0 aliphatic heterocycles. The summed E-state index contributed by atoms with van der Waals surface area (Å²) in [7, 11) is 1.76. The Balaban J connectivity index is 2.45. The topological polar surface area (TPSA) is 40.5 Å².